The van der Waals surface area contributed by atoms with Crippen LogP contribution in [-0.4, -0.2) is 44.4 Å². The molecule has 2 saturated heterocycles. The van der Waals surface area contributed by atoms with E-state index in [2.05, 4.69) is 30.3 Å². The smallest absolute Gasteiger partial charge is 0.229 e. The molecule has 45 heavy (non-hydrogen) atoms. The highest BCUT2D eigenvalue weighted by Gasteiger charge is 2.52. The fourth-order valence-corrected chi connectivity index (χ4v) is 5.85. The highest BCUT2D eigenvalue weighted by Crippen LogP contribution is 2.38. The van der Waals surface area contributed by atoms with Gasteiger partial charge in [0.2, 0.25) is 6.29 Å². The summed E-state index contributed by atoms with van der Waals surface area (Å²) in [6.07, 6.45) is -3.43. The van der Waals surface area contributed by atoms with Gasteiger partial charge in [0.1, 0.15) is 35.9 Å². The first-order valence-corrected chi connectivity index (χ1v) is 15.3. The topological polar surface area (TPSA) is 64.6 Å². The summed E-state index contributed by atoms with van der Waals surface area (Å²) in [7, 11) is 1.64. The standard InChI is InChI=1S/C38H36O7/c1-39-31-18-20-32(21-19-31)43-38-36(41-24-27-12-6-3-7-13-27)35(40-23-26-10-4-2-5-11-26)34-33(44-38)25-42-37(45-34)30-17-16-28-14-8-9-15-29(28)22-30/h2-22,33-38H,23-25H2,1H3/t33-,34+,35+,36-,37?,38-/m1/s1. The van der Waals surface area contributed by atoms with Crippen LogP contribution >= 0.6 is 0 Å². The lowest BCUT2D eigenvalue weighted by Gasteiger charge is -2.48. The Labute approximate surface area is 263 Å². The third kappa shape index (κ3) is 6.88. The number of fused-ring (bicyclic) bond motifs is 2. The molecule has 7 nitrogen and oxygen atoms in total. The lowest BCUT2D eigenvalue weighted by molar-refractivity contribution is -0.361. The zero-order valence-corrected chi connectivity index (χ0v) is 25.1. The molecule has 0 N–H and O–H groups in total. The van der Waals surface area contributed by atoms with E-state index in [-0.39, 0.29) is 0 Å². The van der Waals surface area contributed by atoms with E-state index in [0.717, 1.165) is 33.2 Å². The largest absolute Gasteiger partial charge is 0.497 e. The van der Waals surface area contributed by atoms with Crippen molar-refractivity contribution >= 4 is 10.8 Å². The Bertz CT molecular complexity index is 1660. The van der Waals surface area contributed by atoms with Crippen LogP contribution in [0.2, 0.25) is 0 Å². The van der Waals surface area contributed by atoms with Crippen LogP contribution in [-0.2, 0) is 36.9 Å². The summed E-state index contributed by atoms with van der Waals surface area (Å²) < 4.78 is 44.7. The van der Waals surface area contributed by atoms with E-state index in [1.807, 2.05) is 97.1 Å². The molecule has 2 heterocycles. The van der Waals surface area contributed by atoms with Crippen molar-refractivity contribution in [2.45, 2.75) is 50.2 Å². The first kappa shape index (κ1) is 29.5. The summed E-state index contributed by atoms with van der Waals surface area (Å²) in [5.41, 5.74) is 3.02. The van der Waals surface area contributed by atoms with Gasteiger partial charge in [-0.15, -0.1) is 0 Å². The Kier molecular flexibility index (Phi) is 9.05. The number of rotatable bonds is 10. The molecule has 5 aromatic carbocycles. The third-order valence-corrected chi connectivity index (χ3v) is 8.21. The number of methoxy groups -OCH3 is 1. The van der Waals surface area contributed by atoms with E-state index in [1.54, 1.807) is 7.11 Å². The van der Waals surface area contributed by atoms with Crippen LogP contribution in [0.25, 0.3) is 10.8 Å². The SMILES string of the molecule is COc1ccc(O[C@@H]2O[C@@H]3COC(c4ccc5ccccc5c4)O[C@@H]3[C@H](OCc3ccccc3)[C@H]2OCc2ccccc2)cc1. The van der Waals surface area contributed by atoms with Crippen molar-refractivity contribution in [2.24, 2.45) is 0 Å². The Morgan fingerprint density at radius 2 is 1.24 bits per heavy atom. The van der Waals surface area contributed by atoms with Crippen LogP contribution in [0.5, 0.6) is 11.5 Å². The second-order valence-electron chi connectivity index (χ2n) is 11.2. The van der Waals surface area contributed by atoms with Gasteiger partial charge >= 0.3 is 0 Å². The predicted octanol–water partition coefficient (Wildman–Crippen LogP) is 7.24. The second-order valence-corrected chi connectivity index (χ2v) is 11.2. The van der Waals surface area contributed by atoms with Gasteiger partial charge in [-0.2, -0.15) is 0 Å². The first-order valence-electron chi connectivity index (χ1n) is 15.3. The van der Waals surface area contributed by atoms with Crippen molar-refractivity contribution in [2.75, 3.05) is 13.7 Å². The summed E-state index contributed by atoms with van der Waals surface area (Å²) in [6.45, 7) is 1.03. The molecule has 0 aromatic heterocycles. The van der Waals surface area contributed by atoms with Gasteiger partial charge in [-0.25, -0.2) is 0 Å². The minimum atomic E-state index is -0.784. The van der Waals surface area contributed by atoms with E-state index in [0.29, 0.717) is 25.6 Å². The third-order valence-electron chi connectivity index (χ3n) is 8.21. The predicted molar refractivity (Wildman–Crippen MR) is 170 cm³/mol. The van der Waals surface area contributed by atoms with Crippen molar-refractivity contribution < 1.29 is 33.2 Å². The van der Waals surface area contributed by atoms with Gasteiger partial charge in [0.05, 0.1) is 26.9 Å². The van der Waals surface area contributed by atoms with Crippen LogP contribution in [0, 0.1) is 0 Å². The van der Waals surface area contributed by atoms with E-state index < -0.39 is 37.0 Å². The Hall–Kier alpha value is -4.24. The molecule has 5 aromatic rings. The number of hydrogen-bond acceptors (Lipinski definition) is 7. The monoisotopic (exact) mass is 604 g/mol. The highest BCUT2D eigenvalue weighted by molar-refractivity contribution is 5.83. The maximum Gasteiger partial charge on any atom is 0.229 e. The molecule has 0 radical (unpaired) electrons. The minimum Gasteiger partial charge on any atom is -0.497 e. The summed E-state index contributed by atoms with van der Waals surface area (Å²) in [5, 5.41) is 2.28. The molecule has 230 valence electrons. The molecule has 0 aliphatic carbocycles. The summed E-state index contributed by atoms with van der Waals surface area (Å²) in [6, 6.07) is 42.1. The Morgan fingerprint density at radius 1 is 0.622 bits per heavy atom. The number of ether oxygens (including phenoxy) is 7. The highest BCUT2D eigenvalue weighted by atomic mass is 16.8. The molecule has 0 amide bonds. The Morgan fingerprint density at radius 3 is 1.93 bits per heavy atom. The van der Waals surface area contributed by atoms with Crippen LogP contribution in [0.1, 0.15) is 23.0 Å². The van der Waals surface area contributed by atoms with Gasteiger partial charge in [-0.1, -0.05) is 97.1 Å². The molecule has 6 atom stereocenters. The number of benzene rings is 5. The quantitative estimate of drug-likeness (QED) is 0.167. The van der Waals surface area contributed by atoms with E-state index in [4.69, 9.17) is 33.2 Å². The first-order chi connectivity index (χ1) is 22.2. The fourth-order valence-electron chi connectivity index (χ4n) is 5.85. The van der Waals surface area contributed by atoms with Crippen molar-refractivity contribution in [1.82, 2.24) is 0 Å². The molecule has 2 aliphatic rings. The van der Waals surface area contributed by atoms with Gasteiger partial charge in [0.25, 0.3) is 0 Å². The average Bonchev–Trinajstić information content (AvgIpc) is 3.10. The number of hydrogen-bond donors (Lipinski definition) is 0. The van der Waals surface area contributed by atoms with Gasteiger partial charge in [0, 0.05) is 5.56 Å². The normalized spacial score (nSPS) is 24.6. The van der Waals surface area contributed by atoms with Crippen LogP contribution in [0.4, 0.5) is 0 Å². The zero-order valence-electron chi connectivity index (χ0n) is 25.1. The summed E-state index contributed by atoms with van der Waals surface area (Å²) in [5.74, 6) is 1.36. The molecule has 7 heteroatoms. The van der Waals surface area contributed by atoms with E-state index >= 15 is 0 Å². The molecule has 7 rings (SSSR count). The maximum atomic E-state index is 6.71. The average molecular weight is 605 g/mol. The van der Waals surface area contributed by atoms with Crippen molar-refractivity contribution in [3.63, 3.8) is 0 Å². The molecule has 0 bridgehead atoms. The van der Waals surface area contributed by atoms with Gasteiger partial charge in [-0.3, -0.25) is 0 Å². The van der Waals surface area contributed by atoms with Crippen LogP contribution in [0.15, 0.2) is 127 Å². The van der Waals surface area contributed by atoms with Crippen molar-refractivity contribution in [1.29, 1.82) is 0 Å². The van der Waals surface area contributed by atoms with Gasteiger partial charge in [-0.05, 0) is 52.2 Å². The molecule has 0 spiro atoms. The molecule has 2 fully saturated rings. The van der Waals surface area contributed by atoms with Crippen molar-refractivity contribution in [3.05, 3.63) is 144 Å². The Balaban J connectivity index is 1.20. The molecular weight excluding hydrogens is 568 g/mol. The molecular formula is C38H36O7. The lowest BCUT2D eigenvalue weighted by atomic mass is 9.96. The second kappa shape index (κ2) is 13.8. The molecule has 1 unspecified atom stereocenters. The summed E-state index contributed by atoms with van der Waals surface area (Å²) in [4.78, 5) is 0. The zero-order chi connectivity index (χ0) is 30.4. The van der Waals surface area contributed by atoms with Crippen LogP contribution < -0.4 is 9.47 Å². The lowest BCUT2D eigenvalue weighted by Crippen LogP contribution is -2.64. The van der Waals surface area contributed by atoms with Crippen LogP contribution in [0.3, 0.4) is 0 Å². The maximum absolute atomic E-state index is 6.71. The minimum absolute atomic E-state index is 0.307. The van der Waals surface area contributed by atoms with E-state index in [1.165, 1.54) is 0 Å². The van der Waals surface area contributed by atoms with Crippen molar-refractivity contribution in [3.8, 4) is 11.5 Å². The van der Waals surface area contributed by atoms with Gasteiger partial charge < -0.3 is 33.2 Å². The molecule has 0 saturated carbocycles. The van der Waals surface area contributed by atoms with Gasteiger partial charge in [0.15, 0.2) is 6.29 Å². The van der Waals surface area contributed by atoms with E-state index in [9.17, 15) is 0 Å². The molecule has 2 aliphatic heterocycles. The fraction of sp³-hybridized carbons (Fsp3) is 0.263. The summed E-state index contributed by atoms with van der Waals surface area (Å²) >= 11 is 0.